The second-order valence-electron chi connectivity index (χ2n) is 5.05. The minimum Gasteiger partial charge on any atom is -0.307 e. The first-order valence-electron chi connectivity index (χ1n) is 6.54. The predicted octanol–water partition coefficient (Wildman–Crippen LogP) is 4.43. The van der Waals surface area contributed by atoms with Crippen molar-refractivity contribution in [3.63, 3.8) is 0 Å². The molecule has 0 saturated heterocycles. The summed E-state index contributed by atoms with van der Waals surface area (Å²) in [6, 6.07) is 9.18. The molecule has 1 nitrogen and oxygen atoms in total. The van der Waals surface area contributed by atoms with Crippen LogP contribution in [0.2, 0.25) is 0 Å². The SMILES string of the molecule is C=C(C)C(NCCC)c1ccc(C(C)C)cc1. The summed E-state index contributed by atoms with van der Waals surface area (Å²) in [6.07, 6.45) is 1.15. The summed E-state index contributed by atoms with van der Waals surface area (Å²) in [5.41, 5.74) is 3.89. The fourth-order valence-electron chi connectivity index (χ4n) is 1.94. The normalized spacial score (nSPS) is 12.8. The van der Waals surface area contributed by atoms with Crippen LogP contribution >= 0.6 is 0 Å². The molecule has 0 aliphatic carbocycles. The van der Waals surface area contributed by atoms with Gasteiger partial charge in [0.2, 0.25) is 0 Å². The highest BCUT2D eigenvalue weighted by molar-refractivity contribution is 5.30. The third-order valence-electron chi connectivity index (χ3n) is 3.03. The van der Waals surface area contributed by atoms with Gasteiger partial charge in [-0.2, -0.15) is 0 Å². The van der Waals surface area contributed by atoms with Gasteiger partial charge in [0.15, 0.2) is 0 Å². The van der Waals surface area contributed by atoms with Gasteiger partial charge >= 0.3 is 0 Å². The van der Waals surface area contributed by atoms with E-state index in [0.29, 0.717) is 5.92 Å². The molecule has 1 rings (SSSR count). The Hall–Kier alpha value is -1.08. The van der Waals surface area contributed by atoms with E-state index in [0.717, 1.165) is 13.0 Å². The first-order valence-corrected chi connectivity index (χ1v) is 6.54. The molecule has 0 saturated carbocycles. The lowest BCUT2D eigenvalue weighted by Gasteiger charge is -2.20. The van der Waals surface area contributed by atoms with Crippen molar-refractivity contribution >= 4 is 0 Å². The predicted molar refractivity (Wildman–Crippen MR) is 76.4 cm³/mol. The standard InChI is InChI=1S/C16H25N/c1-6-11-17-16(13(4)5)15-9-7-14(8-10-15)12(2)3/h7-10,12,16-17H,4,6,11H2,1-3,5H3. The minimum atomic E-state index is 0.288. The van der Waals surface area contributed by atoms with E-state index >= 15 is 0 Å². The van der Waals surface area contributed by atoms with Crippen LogP contribution in [0.3, 0.4) is 0 Å². The van der Waals surface area contributed by atoms with E-state index in [1.807, 2.05) is 0 Å². The van der Waals surface area contributed by atoms with E-state index in [1.165, 1.54) is 16.7 Å². The van der Waals surface area contributed by atoms with Crippen molar-refractivity contribution in [3.05, 3.63) is 47.5 Å². The van der Waals surface area contributed by atoms with Gasteiger partial charge in [0.25, 0.3) is 0 Å². The Kier molecular flexibility index (Phi) is 5.43. The summed E-state index contributed by atoms with van der Waals surface area (Å²) in [7, 11) is 0. The Bertz CT molecular complexity index is 348. The van der Waals surface area contributed by atoms with Crippen molar-refractivity contribution in [2.45, 2.75) is 46.1 Å². The molecule has 0 heterocycles. The van der Waals surface area contributed by atoms with Crippen LogP contribution < -0.4 is 5.32 Å². The zero-order chi connectivity index (χ0) is 12.8. The molecular weight excluding hydrogens is 206 g/mol. The summed E-state index contributed by atoms with van der Waals surface area (Å²) >= 11 is 0. The Labute approximate surface area is 106 Å². The lowest BCUT2D eigenvalue weighted by Crippen LogP contribution is -2.22. The van der Waals surface area contributed by atoms with Gasteiger partial charge in [-0.25, -0.2) is 0 Å². The highest BCUT2D eigenvalue weighted by Gasteiger charge is 2.11. The minimum absolute atomic E-state index is 0.288. The van der Waals surface area contributed by atoms with Gasteiger partial charge in [-0.05, 0) is 36.9 Å². The maximum absolute atomic E-state index is 4.08. The second-order valence-corrected chi connectivity index (χ2v) is 5.05. The average molecular weight is 231 g/mol. The fraction of sp³-hybridized carbons (Fsp3) is 0.500. The zero-order valence-corrected chi connectivity index (χ0v) is 11.6. The summed E-state index contributed by atoms with van der Waals surface area (Å²) in [5.74, 6) is 0.593. The second kappa shape index (κ2) is 6.61. The van der Waals surface area contributed by atoms with Crippen molar-refractivity contribution in [2.24, 2.45) is 0 Å². The molecule has 94 valence electrons. The van der Waals surface area contributed by atoms with Gasteiger partial charge in [-0.1, -0.05) is 57.2 Å². The first-order chi connectivity index (χ1) is 8.06. The van der Waals surface area contributed by atoms with Crippen LogP contribution in [0, 0.1) is 0 Å². The van der Waals surface area contributed by atoms with E-state index < -0.39 is 0 Å². The van der Waals surface area contributed by atoms with Crippen LogP contribution in [0.1, 0.15) is 57.2 Å². The Morgan fingerprint density at radius 2 is 1.71 bits per heavy atom. The molecule has 1 N–H and O–H groups in total. The number of benzene rings is 1. The van der Waals surface area contributed by atoms with E-state index in [-0.39, 0.29) is 6.04 Å². The third-order valence-corrected chi connectivity index (χ3v) is 3.03. The molecule has 1 unspecified atom stereocenters. The van der Waals surface area contributed by atoms with Crippen LogP contribution in [-0.2, 0) is 0 Å². The van der Waals surface area contributed by atoms with Crippen molar-refractivity contribution in [1.29, 1.82) is 0 Å². The number of hydrogen-bond donors (Lipinski definition) is 1. The first kappa shape index (κ1) is 14.0. The van der Waals surface area contributed by atoms with E-state index in [9.17, 15) is 0 Å². The molecule has 0 aliphatic heterocycles. The Balaban J connectivity index is 2.83. The lowest BCUT2D eigenvalue weighted by atomic mass is 9.96. The van der Waals surface area contributed by atoms with E-state index in [4.69, 9.17) is 0 Å². The fourth-order valence-corrected chi connectivity index (χ4v) is 1.94. The molecule has 0 radical (unpaired) electrons. The van der Waals surface area contributed by atoms with Gasteiger partial charge in [-0.15, -0.1) is 0 Å². The molecule has 17 heavy (non-hydrogen) atoms. The van der Waals surface area contributed by atoms with Crippen LogP contribution in [0.15, 0.2) is 36.4 Å². The Morgan fingerprint density at radius 1 is 1.18 bits per heavy atom. The molecule has 0 bridgehead atoms. The van der Waals surface area contributed by atoms with Crippen molar-refractivity contribution in [3.8, 4) is 0 Å². The molecular formula is C16H25N. The molecule has 0 spiro atoms. The van der Waals surface area contributed by atoms with Gasteiger partial charge in [0, 0.05) is 0 Å². The topological polar surface area (TPSA) is 12.0 Å². The molecule has 0 amide bonds. The monoisotopic (exact) mass is 231 g/mol. The molecule has 0 aromatic heterocycles. The zero-order valence-electron chi connectivity index (χ0n) is 11.6. The highest BCUT2D eigenvalue weighted by atomic mass is 14.9. The number of nitrogens with one attached hydrogen (secondary N) is 1. The van der Waals surface area contributed by atoms with Crippen LogP contribution in [0.25, 0.3) is 0 Å². The average Bonchev–Trinajstić information content (AvgIpc) is 2.29. The van der Waals surface area contributed by atoms with Crippen molar-refractivity contribution in [2.75, 3.05) is 6.54 Å². The van der Waals surface area contributed by atoms with E-state index in [2.05, 4.69) is 63.9 Å². The van der Waals surface area contributed by atoms with Crippen LogP contribution in [0.4, 0.5) is 0 Å². The molecule has 0 aliphatic rings. The van der Waals surface area contributed by atoms with Crippen molar-refractivity contribution in [1.82, 2.24) is 5.32 Å². The molecule has 1 aromatic carbocycles. The maximum Gasteiger partial charge on any atom is 0.0530 e. The summed E-state index contributed by atoms with van der Waals surface area (Å²) < 4.78 is 0. The molecule has 1 aromatic rings. The summed E-state index contributed by atoms with van der Waals surface area (Å²) in [6.45, 7) is 13.8. The van der Waals surface area contributed by atoms with Gasteiger partial charge in [-0.3, -0.25) is 0 Å². The van der Waals surface area contributed by atoms with Gasteiger partial charge in [0.1, 0.15) is 0 Å². The van der Waals surface area contributed by atoms with Crippen LogP contribution in [0.5, 0.6) is 0 Å². The van der Waals surface area contributed by atoms with Gasteiger partial charge < -0.3 is 5.32 Å². The summed E-state index contributed by atoms with van der Waals surface area (Å²) in [5, 5.41) is 3.53. The third kappa shape index (κ3) is 4.01. The molecule has 1 heteroatoms. The lowest BCUT2D eigenvalue weighted by molar-refractivity contribution is 0.591. The van der Waals surface area contributed by atoms with Gasteiger partial charge in [0.05, 0.1) is 6.04 Å². The maximum atomic E-state index is 4.08. The summed E-state index contributed by atoms with van der Waals surface area (Å²) in [4.78, 5) is 0. The number of rotatable bonds is 6. The smallest absolute Gasteiger partial charge is 0.0530 e. The van der Waals surface area contributed by atoms with Crippen molar-refractivity contribution < 1.29 is 0 Å². The Morgan fingerprint density at radius 3 is 2.12 bits per heavy atom. The largest absolute Gasteiger partial charge is 0.307 e. The van der Waals surface area contributed by atoms with Crippen LogP contribution in [-0.4, -0.2) is 6.54 Å². The highest BCUT2D eigenvalue weighted by Crippen LogP contribution is 2.22. The quantitative estimate of drug-likeness (QED) is 0.714. The molecule has 0 fully saturated rings. The van der Waals surface area contributed by atoms with E-state index in [1.54, 1.807) is 0 Å². The number of hydrogen-bond acceptors (Lipinski definition) is 1. The molecule has 1 atom stereocenters.